The van der Waals surface area contributed by atoms with Crippen LogP contribution in [0.5, 0.6) is 5.75 Å². The van der Waals surface area contributed by atoms with Gasteiger partial charge in [0.05, 0.1) is 6.10 Å². The molecule has 0 saturated heterocycles. The molecular weight excluding hydrogens is 278 g/mol. The number of aliphatic hydroxyl groups excluding tert-OH is 1. The van der Waals surface area contributed by atoms with E-state index in [9.17, 15) is 5.11 Å². The highest BCUT2D eigenvalue weighted by Gasteiger charge is 2.19. The highest BCUT2D eigenvalue weighted by Crippen LogP contribution is 2.25. The Bertz CT molecular complexity index is 601. The number of aliphatic hydroxyl groups is 1. The number of aromatic nitrogens is 1. The lowest BCUT2D eigenvalue weighted by molar-refractivity contribution is 0.185. The number of fused-ring (bicyclic) bond motifs is 1. The van der Waals surface area contributed by atoms with Crippen molar-refractivity contribution in [3.05, 3.63) is 46.8 Å². The van der Waals surface area contributed by atoms with Gasteiger partial charge in [-0.15, -0.1) is 0 Å². The van der Waals surface area contributed by atoms with Crippen molar-refractivity contribution in [3.8, 4) is 5.75 Å². The van der Waals surface area contributed by atoms with E-state index < -0.39 is 0 Å². The molecule has 0 aliphatic heterocycles. The van der Waals surface area contributed by atoms with Gasteiger partial charge in [0.25, 0.3) is 0 Å². The third kappa shape index (κ3) is 3.69. The van der Waals surface area contributed by atoms with Gasteiger partial charge < -0.3 is 14.4 Å². The topological polar surface area (TPSA) is 55.5 Å². The normalized spacial score (nSPS) is 15.4. The van der Waals surface area contributed by atoms with Crippen molar-refractivity contribution < 1.29 is 14.4 Å². The smallest absolute Gasteiger partial charge is 0.140 e. The fourth-order valence-corrected chi connectivity index (χ4v) is 2.84. The minimum Gasteiger partial charge on any atom is -0.487 e. The first kappa shape index (κ1) is 15.1. The summed E-state index contributed by atoms with van der Waals surface area (Å²) in [7, 11) is 0. The summed E-state index contributed by atoms with van der Waals surface area (Å²) in [5.74, 6) is 1.88. The quantitative estimate of drug-likeness (QED) is 0.888. The SMILES string of the molecule is CC(O)CCc1ccc(OCc2noc3c2CCCC3)cc1. The maximum absolute atomic E-state index is 9.31. The Morgan fingerprint density at radius 2 is 2.00 bits per heavy atom. The van der Waals surface area contributed by atoms with Crippen LogP contribution >= 0.6 is 0 Å². The van der Waals surface area contributed by atoms with Gasteiger partial charge in [-0.2, -0.15) is 0 Å². The Kier molecular flexibility index (Phi) is 4.78. The number of hydrogen-bond donors (Lipinski definition) is 1. The number of hydrogen-bond acceptors (Lipinski definition) is 4. The van der Waals surface area contributed by atoms with Crippen LogP contribution in [0.3, 0.4) is 0 Å². The van der Waals surface area contributed by atoms with Crippen molar-refractivity contribution in [1.82, 2.24) is 5.16 Å². The minimum atomic E-state index is -0.255. The number of benzene rings is 1. The molecule has 118 valence electrons. The summed E-state index contributed by atoms with van der Waals surface area (Å²) in [6, 6.07) is 8.06. The van der Waals surface area contributed by atoms with E-state index in [2.05, 4.69) is 17.3 Å². The Balaban J connectivity index is 1.56. The third-order valence-electron chi connectivity index (χ3n) is 4.18. The van der Waals surface area contributed by atoms with E-state index in [-0.39, 0.29) is 6.10 Å². The van der Waals surface area contributed by atoms with Crippen molar-refractivity contribution in [3.63, 3.8) is 0 Å². The molecule has 2 aromatic rings. The van der Waals surface area contributed by atoms with Gasteiger partial charge in [-0.05, 0) is 56.7 Å². The highest BCUT2D eigenvalue weighted by atomic mass is 16.5. The van der Waals surface area contributed by atoms with Crippen LogP contribution in [-0.2, 0) is 25.9 Å². The molecule has 0 fully saturated rings. The lowest BCUT2D eigenvalue weighted by Gasteiger charge is -2.10. The molecule has 0 amide bonds. The lowest BCUT2D eigenvalue weighted by atomic mass is 9.97. The van der Waals surface area contributed by atoms with E-state index in [1.54, 1.807) is 0 Å². The van der Waals surface area contributed by atoms with Crippen LogP contribution in [0.4, 0.5) is 0 Å². The van der Waals surface area contributed by atoms with Gasteiger partial charge in [0.2, 0.25) is 0 Å². The van der Waals surface area contributed by atoms with Crippen LogP contribution in [0, 0.1) is 0 Å². The summed E-state index contributed by atoms with van der Waals surface area (Å²) in [4.78, 5) is 0. The summed E-state index contributed by atoms with van der Waals surface area (Å²) < 4.78 is 11.2. The average molecular weight is 301 g/mol. The first-order valence-corrected chi connectivity index (χ1v) is 8.08. The molecular formula is C18H23NO3. The average Bonchev–Trinajstić information content (AvgIpc) is 2.95. The molecule has 4 heteroatoms. The molecule has 4 nitrogen and oxygen atoms in total. The maximum Gasteiger partial charge on any atom is 0.140 e. The molecule has 1 atom stereocenters. The van der Waals surface area contributed by atoms with Crippen LogP contribution < -0.4 is 4.74 Å². The van der Waals surface area contributed by atoms with E-state index in [4.69, 9.17) is 9.26 Å². The molecule has 0 spiro atoms. The van der Waals surface area contributed by atoms with Gasteiger partial charge >= 0.3 is 0 Å². The molecule has 1 N–H and O–H groups in total. The van der Waals surface area contributed by atoms with Crippen LogP contribution in [0.2, 0.25) is 0 Å². The molecule has 1 unspecified atom stereocenters. The second-order valence-electron chi connectivity index (χ2n) is 6.06. The summed E-state index contributed by atoms with van der Waals surface area (Å²) in [5.41, 5.74) is 3.40. The first-order valence-electron chi connectivity index (χ1n) is 8.08. The zero-order valence-corrected chi connectivity index (χ0v) is 13.0. The zero-order chi connectivity index (χ0) is 15.4. The van der Waals surface area contributed by atoms with Gasteiger partial charge in [-0.3, -0.25) is 0 Å². The van der Waals surface area contributed by atoms with Crippen molar-refractivity contribution in [1.29, 1.82) is 0 Å². The molecule has 0 radical (unpaired) electrons. The molecule has 1 aromatic carbocycles. The Labute approximate surface area is 131 Å². The fraction of sp³-hybridized carbons (Fsp3) is 0.500. The monoisotopic (exact) mass is 301 g/mol. The Morgan fingerprint density at radius 1 is 1.23 bits per heavy atom. The van der Waals surface area contributed by atoms with Gasteiger partial charge in [0.15, 0.2) is 0 Å². The lowest BCUT2D eigenvalue weighted by Crippen LogP contribution is -2.04. The zero-order valence-electron chi connectivity index (χ0n) is 13.0. The molecule has 0 saturated carbocycles. The van der Waals surface area contributed by atoms with E-state index in [0.717, 1.165) is 42.9 Å². The predicted molar refractivity (Wildman–Crippen MR) is 83.9 cm³/mol. The standard InChI is InChI=1S/C18H23NO3/c1-13(20)6-7-14-8-10-15(11-9-14)21-12-17-16-4-2-3-5-18(16)22-19-17/h8-11,13,20H,2-7,12H2,1H3. The van der Waals surface area contributed by atoms with E-state index >= 15 is 0 Å². The molecule has 3 rings (SSSR count). The number of aryl methyl sites for hydroxylation is 2. The van der Waals surface area contributed by atoms with Crippen molar-refractivity contribution in [2.24, 2.45) is 0 Å². The molecule has 1 heterocycles. The highest BCUT2D eigenvalue weighted by molar-refractivity contribution is 5.29. The fourth-order valence-electron chi connectivity index (χ4n) is 2.84. The minimum absolute atomic E-state index is 0.255. The maximum atomic E-state index is 9.31. The molecule has 1 aliphatic carbocycles. The second kappa shape index (κ2) is 6.97. The molecule has 1 aliphatic rings. The van der Waals surface area contributed by atoms with Gasteiger partial charge in [0, 0.05) is 12.0 Å². The molecule has 22 heavy (non-hydrogen) atoms. The Hall–Kier alpha value is -1.81. The van der Waals surface area contributed by atoms with Crippen LogP contribution in [0.25, 0.3) is 0 Å². The van der Waals surface area contributed by atoms with E-state index in [1.807, 2.05) is 19.1 Å². The summed E-state index contributed by atoms with van der Waals surface area (Å²) in [6.07, 6.45) is 5.86. The van der Waals surface area contributed by atoms with Crippen LogP contribution in [0.1, 0.15) is 48.8 Å². The first-order chi connectivity index (χ1) is 10.7. The van der Waals surface area contributed by atoms with Crippen LogP contribution in [0.15, 0.2) is 28.8 Å². The number of nitrogens with zero attached hydrogens (tertiary/aromatic N) is 1. The molecule has 1 aromatic heterocycles. The summed E-state index contributed by atoms with van der Waals surface area (Å²) in [6.45, 7) is 2.28. The predicted octanol–water partition coefficient (Wildman–Crippen LogP) is 3.45. The van der Waals surface area contributed by atoms with Gasteiger partial charge in [0.1, 0.15) is 23.8 Å². The van der Waals surface area contributed by atoms with Gasteiger partial charge in [-0.25, -0.2) is 0 Å². The van der Waals surface area contributed by atoms with Gasteiger partial charge in [-0.1, -0.05) is 17.3 Å². The molecule has 0 bridgehead atoms. The van der Waals surface area contributed by atoms with E-state index in [0.29, 0.717) is 6.61 Å². The van der Waals surface area contributed by atoms with Crippen LogP contribution in [-0.4, -0.2) is 16.4 Å². The van der Waals surface area contributed by atoms with Crippen molar-refractivity contribution in [2.75, 3.05) is 0 Å². The van der Waals surface area contributed by atoms with E-state index in [1.165, 1.54) is 24.0 Å². The second-order valence-corrected chi connectivity index (χ2v) is 6.06. The summed E-state index contributed by atoms with van der Waals surface area (Å²) in [5, 5.41) is 13.5. The van der Waals surface area contributed by atoms with Crippen molar-refractivity contribution in [2.45, 2.75) is 58.2 Å². The number of rotatable bonds is 6. The summed E-state index contributed by atoms with van der Waals surface area (Å²) >= 11 is 0. The van der Waals surface area contributed by atoms with Crippen molar-refractivity contribution >= 4 is 0 Å². The Morgan fingerprint density at radius 3 is 2.77 bits per heavy atom. The third-order valence-corrected chi connectivity index (χ3v) is 4.18. The largest absolute Gasteiger partial charge is 0.487 e. The number of ether oxygens (including phenoxy) is 1.